The average Bonchev–Trinajstić information content (AvgIpc) is 2.21. The van der Waals surface area contributed by atoms with Crippen LogP contribution in [0.4, 0.5) is 0 Å². The van der Waals surface area contributed by atoms with Gasteiger partial charge in [-0.05, 0) is 31.5 Å². The molecule has 1 aromatic rings. The molecule has 16 heavy (non-hydrogen) atoms. The first-order valence-electron chi connectivity index (χ1n) is 5.54. The van der Waals surface area contributed by atoms with Crippen LogP contribution >= 0.6 is 23.2 Å². The second kappa shape index (κ2) is 5.26. The largest absolute Gasteiger partial charge is 0.489 e. The third-order valence-electron chi connectivity index (χ3n) is 2.80. The van der Waals surface area contributed by atoms with Gasteiger partial charge >= 0.3 is 0 Å². The molecule has 1 N–H and O–H groups in total. The SMILES string of the molecule is CCNC1CC(Oc2cccc(Cl)c2Cl)C1. The number of rotatable bonds is 4. The monoisotopic (exact) mass is 259 g/mol. The molecule has 0 aliphatic heterocycles. The summed E-state index contributed by atoms with van der Waals surface area (Å²) in [5.74, 6) is 0.689. The zero-order valence-corrected chi connectivity index (χ0v) is 10.7. The van der Waals surface area contributed by atoms with Gasteiger partial charge in [-0.3, -0.25) is 0 Å². The van der Waals surface area contributed by atoms with Crippen LogP contribution in [0.2, 0.25) is 10.0 Å². The van der Waals surface area contributed by atoms with E-state index in [9.17, 15) is 0 Å². The standard InChI is InChI=1S/C12H15Cl2NO/c1-2-15-8-6-9(7-8)16-11-5-3-4-10(13)12(11)14/h3-5,8-9,15H,2,6-7H2,1H3. The maximum absolute atomic E-state index is 6.04. The number of ether oxygens (including phenoxy) is 1. The Morgan fingerprint density at radius 2 is 2.12 bits per heavy atom. The maximum Gasteiger partial charge on any atom is 0.139 e. The quantitative estimate of drug-likeness (QED) is 0.894. The molecule has 2 nitrogen and oxygen atoms in total. The van der Waals surface area contributed by atoms with Gasteiger partial charge in [-0.15, -0.1) is 0 Å². The Balaban J connectivity index is 1.89. The molecule has 0 radical (unpaired) electrons. The predicted molar refractivity (Wildman–Crippen MR) is 67.6 cm³/mol. The normalized spacial score (nSPS) is 23.9. The lowest BCUT2D eigenvalue weighted by molar-refractivity contribution is 0.0860. The van der Waals surface area contributed by atoms with E-state index in [0.717, 1.165) is 19.4 Å². The van der Waals surface area contributed by atoms with Crippen LogP contribution in [0.5, 0.6) is 5.75 Å². The highest BCUT2D eigenvalue weighted by Gasteiger charge is 2.30. The fourth-order valence-corrected chi connectivity index (χ4v) is 2.21. The lowest BCUT2D eigenvalue weighted by atomic mass is 9.89. The van der Waals surface area contributed by atoms with E-state index >= 15 is 0 Å². The van der Waals surface area contributed by atoms with E-state index in [1.165, 1.54) is 0 Å². The van der Waals surface area contributed by atoms with Gasteiger partial charge in [0.25, 0.3) is 0 Å². The third-order valence-corrected chi connectivity index (χ3v) is 3.60. The molecule has 4 heteroatoms. The molecule has 0 atom stereocenters. The summed E-state index contributed by atoms with van der Waals surface area (Å²) in [6, 6.07) is 6.06. The van der Waals surface area contributed by atoms with E-state index < -0.39 is 0 Å². The second-order valence-corrected chi connectivity index (χ2v) is 4.80. The molecule has 1 fully saturated rings. The molecule has 0 spiro atoms. The summed E-state index contributed by atoms with van der Waals surface area (Å²) in [6.07, 6.45) is 2.34. The van der Waals surface area contributed by atoms with Crippen LogP contribution in [0.1, 0.15) is 19.8 Å². The van der Waals surface area contributed by atoms with Crippen LogP contribution in [-0.2, 0) is 0 Å². The summed E-state index contributed by atoms with van der Waals surface area (Å²) in [5.41, 5.74) is 0. The number of nitrogens with one attached hydrogen (secondary N) is 1. The first-order chi connectivity index (χ1) is 7.70. The molecular weight excluding hydrogens is 245 g/mol. The Kier molecular flexibility index (Phi) is 3.95. The summed E-state index contributed by atoms with van der Waals surface area (Å²) in [5, 5.41) is 4.44. The topological polar surface area (TPSA) is 21.3 Å². The summed E-state index contributed by atoms with van der Waals surface area (Å²) in [7, 11) is 0. The van der Waals surface area contributed by atoms with Gasteiger partial charge in [0, 0.05) is 6.04 Å². The van der Waals surface area contributed by atoms with Crippen molar-refractivity contribution in [2.45, 2.75) is 31.9 Å². The van der Waals surface area contributed by atoms with Gasteiger partial charge in [0.05, 0.1) is 5.02 Å². The first kappa shape index (κ1) is 12.0. The van der Waals surface area contributed by atoms with Crippen LogP contribution in [0.3, 0.4) is 0 Å². The van der Waals surface area contributed by atoms with E-state index in [2.05, 4.69) is 12.2 Å². The molecule has 0 saturated heterocycles. The smallest absolute Gasteiger partial charge is 0.139 e. The molecular formula is C12H15Cl2NO. The van der Waals surface area contributed by atoms with Crippen molar-refractivity contribution in [1.82, 2.24) is 5.32 Å². The summed E-state index contributed by atoms with van der Waals surface area (Å²) >= 11 is 12.0. The molecule has 1 saturated carbocycles. The predicted octanol–water partition coefficient (Wildman–Crippen LogP) is 3.51. The van der Waals surface area contributed by atoms with E-state index in [1.807, 2.05) is 12.1 Å². The fraction of sp³-hybridized carbons (Fsp3) is 0.500. The highest BCUT2D eigenvalue weighted by atomic mass is 35.5. The van der Waals surface area contributed by atoms with Crippen LogP contribution in [0.15, 0.2) is 18.2 Å². The van der Waals surface area contributed by atoms with Crippen molar-refractivity contribution >= 4 is 23.2 Å². The van der Waals surface area contributed by atoms with Crippen LogP contribution in [-0.4, -0.2) is 18.7 Å². The Hall–Kier alpha value is -0.440. The van der Waals surface area contributed by atoms with E-state index in [4.69, 9.17) is 27.9 Å². The minimum atomic E-state index is 0.264. The lowest BCUT2D eigenvalue weighted by Gasteiger charge is -2.36. The van der Waals surface area contributed by atoms with Crippen molar-refractivity contribution in [1.29, 1.82) is 0 Å². The van der Waals surface area contributed by atoms with Gasteiger partial charge < -0.3 is 10.1 Å². The minimum absolute atomic E-state index is 0.264. The molecule has 1 aliphatic rings. The second-order valence-electron chi connectivity index (χ2n) is 4.02. The first-order valence-corrected chi connectivity index (χ1v) is 6.30. The van der Waals surface area contributed by atoms with Gasteiger partial charge in [0.15, 0.2) is 0 Å². The van der Waals surface area contributed by atoms with Crippen molar-refractivity contribution in [3.05, 3.63) is 28.2 Å². The van der Waals surface area contributed by atoms with Gasteiger partial charge in [0.2, 0.25) is 0 Å². The zero-order chi connectivity index (χ0) is 11.5. The molecule has 1 aromatic carbocycles. The van der Waals surface area contributed by atoms with Crippen molar-refractivity contribution < 1.29 is 4.74 Å². The molecule has 0 aromatic heterocycles. The number of halogens is 2. The zero-order valence-electron chi connectivity index (χ0n) is 9.17. The fourth-order valence-electron chi connectivity index (χ4n) is 1.87. The molecule has 88 valence electrons. The van der Waals surface area contributed by atoms with Crippen molar-refractivity contribution in [3.8, 4) is 5.75 Å². The highest BCUT2D eigenvalue weighted by molar-refractivity contribution is 6.42. The van der Waals surface area contributed by atoms with E-state index in [0.29, 0.717) is 21.8 Å². The number of hydrogen-bond acceptors (Lipinski definition) is 2. The Bertz CT molecular complexity index is 364. The summed E-state index contributed by atoms with van der Waals surface area (Å²) in [6.45, 7) is 3.12. The molecule has 0 heterocycles. The van der Waals surface area contributed by atoms with Gasteiger partial charge in [0.1, 0.15) is 16.9 Å². The van der Waals surface area contributed by atoms with E-state index in [1.54, 1.807) is 6.07 Å². The van der Waals surface area contributed by atoms with Crippen molar-refractivity contribution in [3.63, 3.8) is 0 Å². The number of hydrogen-bond donors (Lipinski definition) is 1. The van der Waals surface area contributed by atoms with Crippen molar-refractivity contribution in [2.24, 2.45) is 0 Å². The van der Waals surface area contributed by atoms with Crippen LogP contribution in [0.25, 0.3) is 0 Å². The van der Waals surface area contributed by atoms with Crippen LogP contribution in [0, 0.1) is 0 Å². The van der Waals surface area contributed by atoms with Gasteiger partial charge in [-0.1, -0.05) is 36.2 Å². The Morgan fingerprint density at radius 1 is 1.38 bits per heavy atom. The van der Waals surface area contributed by atoms with Gasteiger partial charge in [-0.2, -0.15) is 0 Å². The maximum atomic E-state index is 6.04. The Labute approximate surface area is 106 Å². The summed E-state index contributed by atoms with van der Waals surface area (Å²) in [4.78, 5) is 0. The number of benzene rings is 1. The minimum Gasteiger partial charge on any atom is -0.489 e. The van der Waals surface area contributed by atoms with Gasteiger partial charge in [-0.25, -0.2) is 0 Å². The highest BCUT2D eigenvalue weighted by Crippen LogP contribution is 2.34. The Morgan fingerprint density at radius 3 is 2.81 bits per heavy atom. The van der Waals surface area contributed by atoms with Crippen LogP contribution < -0.4 is 10.1 Å². The lowest BCUT2D eigenvalue weighted by Crippen LogP contribution is -2.46. The molecule has 0 unspecified atom stereocenters. The molecule has 1 aliphatic carbocycles. The molecule has 2 rings (SSSR count). The van der Waals surface area contributed by atoms with E-state index in [-0.39, 0.29) is 6.10 Å². The molecule has 0 bridgehead atoms. The van der Waals surface area contributed by atoms with Crippen molar-refractivity contribution in [2.75, 3.05) is 6.54 Å². The summed E-state index contributed by atoms with van der Waals surface area (Å²) < 4.78 is 5.78. The third kappa shape index (κ3) is 2.62. The molecule has 0 amide bonds. The average molecular weight is 260 g/mol.